The van der Waals surface area contributed by atoms with Crippen molar-refractivity contribution in [2.75, 3.05) is 7.11 Å². The average molecular weight is 257 g/mol. The van der Waals surface area contributed by atoms with Crippen LogP contribution in [-0.4, -0.2) is 18.2 Å². The number of nitrogens with one attached hydrogen (secondary N) is 1. The van der Waals surface area contributed by atoms with Gasteiger partial charge in [0, 0.05) is 18.7 Å². The predicted octanol–water partition coefficient (Wildman–Crippen LogP) is 2.16. The molecule has 3 rings (SSSR count). The number of hydrogen-bond acceptors (Lipinski definition) is 4. The van der Waals surface area contributed by atoms with Gasteiger partial charge in [-0.3, -0.25) is 16.3 Å². The van der Waals surface area contributed by atoms with Crippen LogP contribution in [0.3, 0.4) is 0 Å². The first-order valence-electron chi connectivity index (χ1n) is 6.67. The molecule has 0 aliphatic heterocycles. The standard InChI is InChI=1S/C15H19N3O/c1-19-15(10-4-5-10)14(18-16)12-6-7-13-11(9-12)3-2-8-17-13/h2-3,6-10,14-15,18H,4-5,16H2,1H3. The summed E-state index contributed by atoms with van der Waals surface area (Å²) >= 11 is 0. The number of fused-ring (bicyclic) bond motifs is 1. The van der Waals surface area contributed by atoms with Crippen molar-refractivity contribution in [3.8, 4) is 0 Å². The highest BCUT2D eigenvalue weighted by Gasteiger charge is 2.37. The summed E-state index contributed by atoms with van der Waals surface area (Å²) in [5.41, 5.74) is 5.07. The molecule has 2 unspecified atom stereocenters. The van der Waals surface area contributed by atoms with Crippen molar-refractivity contribution in [3.63, 3.8) is 0 Å². The Kier molecular flexibility index (Phi) is 3.46. The molecule has 0 saturated heterocycles. The van der Waals surface area contributed by atoms with Crippen LogP contribution in [0.2, 0.25) is 0 Å². The van der Waals surface area contributed by atoms with E-state index in [2.05, 4.69) is 28.6 Å². The second-order valence-corrected chi connectivity index (χ2v) is 5.14. The van der Waals surface area contributed by atoms with Crippen LogP contribution in [0.15, 0.2) is 36.5 Å². The maximum Gasteiger partial charge on any atom is 0.0806 e. The highest BCUT2D eigenvalue weighted by atomic mass is 16.5. The molecule has 1 heterocycles. The Labute approximate surface area is 112 Å². The molecule has 3 N–H and O–H groups in total. The lowest BCUT2D eigenvalue weighted by Gasteiger charge is -2.26. The van der Waals surface area contributed by atoms with Gasteiger partial charge in [0.1, 0.15) is 0 Å². The number of methoxy groups -OCH3 is 1. The second kappa shape index (κ2) is 5.25. The van der Waals surface area contributed by atoms with Gasteiger partial charge >= 0.3 is 0 Å². The summed E-state index contributed by atoms with van der Waals surface area (Å²) in [5, 5.41) is 1.13. The topological polar surface area (TPSA) is 60.2 Å². The Morgan fingerprint density at radius 2 is 2.21 bits per heavy atom. The molecular weight excluding hydrogens is 238 g/mol. The third-order valence-electron chi connectivity index (χ3n) is 3.85. The number of nitrogens with zero attached hydrogens (tertiary/aromatic N) is 1. The summed E-state index contributed by atoms with van der Waals surface area (Å²) in [6, 6.07) is 10.3. The van der Waals surface area contributed by atoms with Crippen LogP contribution in [0.5, 0.6) is 0 Å². The Hall–Kier alpha value is -1.49. The van der Waals surface area contributed by atoms with E-state index in [0.717, 1.165) is 16.5 Å². The molecule has 0 amide bonds. The molecule has 1 aromatic carbocycles. The molecule has 0 spiro atoms. The van der Waals surface area contributed by atoms with Gasteiger partial charge in [-0.25, -0.2) is 0 Å². The van der Waals surface area contributed by atoms with Gasteiger partial charge in [0.05, 0.1) is 17.7 Å². The SMILES string of the molecule is COC(C1CC1)C(NN)c1ccc2ncccc2c1. The van der Waals surface area contributed by atoms with E-state index in [9.17, 15) is 0 Å². The Bertz CT molecular complexity index is 568. The first-order valence-corrected chi connectivity index (χ1v) is 6.67. The third-order valence-corrected chi connectivity index (χ3v) is 3.85. The van der Waals surface area contributed by atoms with Gasteiger partial charge in [-0.15, -0.1) is 0 Å². The lowest BCUT2D eigenvalue weighted by molar-refractivity contribution is 0.0507. The van der Waals surface area contributed by atoms with E-state index in [1.807, 2.05) is 18.3 Å². The minimum Gasteiger partial charge on any atom is -0.379 e. The molecule has 2 aromatic rings. The molecule has 2 atom stereocenters. The zero-order valence-electron chi connectivity index (χ0n) is 11.0. The Morgan fingerprint density at radius 3 is 2.89 bits per heavy atom. The number of aromatic nitrogens is 1. The van der Waals surface area contributed by atoms with Crippen molar-refractivity contribution < 1.29 is 4.74 Å². The van der Waals surface area contributed by atoms with Crippen LogP contribution in [0.25, 0.3) is 10.9 Å². The van der Waals surface area contributed by atoms with E-state index >= 15 is 0 Å². The van der Waals surface area contributed by atoms with E-state index in [1.165, 1.54) is 12.8 Å². The lowest BCUT2D eigenvalue weighted by Crippen LogP contribution is -2.38. The van der Waals surface area contributed by atoms with Crippen molar-refractivity contribution in [2.45, 2.75) is 25.0 Å². The van der Waals surface area contributed by atoms with Gasteiger partial charge in [-0.05, 0) is 42.5 Å². The van der Waals surface area contributed by atoms with Crippen molar-refractivity contribution >= 4 is 10.9 Å². The highest BCUT2D eigenvalue weighted by molar-refractivity contribution is 5.79. The number of ether oxygens (including phenoxy) is 1. The fourth-order valence-electron chi connectivity index (χ4n) is 2.69. The van der Waals surface area contributed by atoms with Gasteiger partial charge < -0.3 is 4.74 Å². The van der Waals surface area contributed by atoms with Crippen molar-refractivity contribution in [2.24, 2.45) is 11.8 Å². The number of nitrogens with two attached hydrogens (primary N) is 1. The zero-order chi connectivity index (χ0) is 13.2. The molecule has 4 heteroatoms. The van der Waals surface area contributed by atoms with Crippen molar-refractivity contribution in [1.82, 2.24) is 10.4 Å². The van der Waals surface area contributed by atoms with E-state index < -0.39 is 0 Å². The highest BCUT2D eigenvalue weighted by Crippen LogP contribution is 2.39. The largest absolute Gasteiger partial charge is 0.379 e. The lowest BCUT2D eigenvalue weighted by atomic mass is 9.97. The summed E-state index contributed by atoms with van der Waals surface area (Å²) < 4.78 is 5.64. The first-order chi connectivity index (χ1) is 9.33. The van der Waals surface area contributed by atoms with E-state index in [0.29, 0.717) is 5.92 Å². The van der Waals surface area contributed by atoms with Gasteiger partial charge in [0.2, 0.25) is 0 Å². The number of benzene rings is 1. The van der Waals surface area contributed by atoms with Crippen LogP contribution in [0.1, 0.15) is 24.4 Å². The molecule has 1 saturated carbocycles. The van der Waals surface area contributed by atoms with Gasteiger partial charge in [0.15, 0.2) is 0 Å². The maximum absolute atomic E-state index is 5.75. The minimum atomic E-state index is 0.0297. The van der Waals surface area contributed by atoms with Gasteiger partial charge in [-0.2, -0.15) is 0 Å². The molecule has 100 valence electrons. The second-order valence-electron chi connectivity index (χ2n) is 5.14. The van der Waals surface area contributed by atoms with Crippen LogP contribution >= 0.6 is 0 Å². The van der Waals surface area contributed by atoms with Crippen LogP contribution in [0, 0.1) is 5.92 Å². The smallest absolute Gasteiger partial charge is 0.0806 e. The van der Waals surface area contributed by atoms with Gasteiger partial charge in [-0.1, -0.05) is 12.1 Å². The van der Waals surface area contributed by atoms with E-state index in [-0.39, 0.29) is 12.1 Å². The van der Waals surface area contributed by atoms with Crippen LogP contribution in [0.4, 0.5) is 0 Å². The minimum absolute atomic E-state index is 0.0297. The molecule has 1 aliphatic carbocycles. The Balaban J connectivity index is 1.95. The van der Waals surface area contributed by atoms with Crippen LogP contribution in [-0.2, 0) is 4.74 Å². The summed E-state index contributed by atoms with van der Waals surface area (Å²) in [6.07, 6.45) is 4.40. The molecular formula is C15H19N3O. The summed E-state index contributed by atoms with van der Waals surface area (Å²) in [5.74, 6) is 6.37. The maximum atomic E-state index is 5.75. The summed E-state index contributed by atoms with van der Waals surface area (Å²) in [4.78, 5) is 4.34. The van der Waals surface area contributed by atoms with Crippen LogP contribution < -0.4 is 11.3 Å². The molecule has 0 radical (unpaired) electrons. The zero-order valence-corrected chi connectivity index (χ0v) is 11.0. The average Bonchev–Trinajstić information content (AvgIpc) is 3.28. The predicted molar refractivity (Wildman–Crippen MR) is 75.3 cm³/mol. The molecule has 0 bridgehead atoms. The normalized spacial score (nSPS) is 18.4. The quantitative estimate of drug-likeness (QED) is 0.636. The summed E-state index contributed by atoms with van der Waals surface area (Å²) in [6.45, 7) is 0. The van der Waals surface area contributed by atoms with Crippen molar-refractivity contribution in [3.05, 3.63) is 42.1 Å². The first kappa shape index (κ1) is 12.5. The monoisotopic (exact) mass is 257 g/mol. The number of hydrazine groups is 1. The van der Waals surface area contributed by atoms with Gasteiger partial charge in [0.25, 0.3) is 0 Å². The summed E-state index contributed by atoms with van der Waals surface area (Å²) in [7, 11) is 1.76. The number of hydrogen-bond donors (Lipinski definition) is 2. The molecule has 1 aromatic heterocycles. The molecule has 1 fully saturated rings. The number of pyridine rings is 1. The van der Waals surface area contributed by atoms with E-state index in [1.54, 1.807) is 7.11 Å². The number of rotatable bonds is 5. The fraction of sp³-hybridized carbons (Fsp3) is 0.400. The molecule has 1 aliphatic rings. The van der Waals surface area contributed by atoms with E-state index in [4.69, 9.17) is 10.6 Å². The van der Waals surface area contributed by atoms with Crippen molar-refractivity contribution in [1.29, 1.82) is 0 Å². The molecule has 19 heavy (non-hydrogen) atoms. The molecule has 4 nitrogen and oxygen atoms in total. The third kappa shape index (κ3) is 2.47. The Morgan fingerprint density at radius 1 is 1.37 bits per heavy atom. The fourth-order valence-corrected chi connectivity index (χ4v) is 2.69.